The minimum absolute atomic E-state index is 0.0145. The number of aromatic nitrogens is 5. The first-order valence-electron chi connectivity index (χ1n) is 13.2. The highest BCUT2D eigenvalue weighted by atomic mass is 19.1. The molecule has 0 spiro atoms. The summed E-state index contributed by atoms with van der Waals surface area (Å²) >= 11 is 0. The van der Waals surface area contributed by atoms with Gasteiger partial charge in [0.05, 0.1) is 0 Å². The van der Waals surface area contributed by atoms with Gasteiger partial charge >= 0.3 is 0 Å². The highest BCUT2D eigenvalue weighted by molar-refractivity contribution is 6.02. The summed E-state index contributed by atoms with van der Waals surface area (Å²) in [6, 6.07) is 10.6. The molecule has 3 aromatic heterocycles. The Morgan fingerprint density at radius 2 is 1.81 bits per heavy atom. The fourth-order valence-electron chi connectivity index (χ4n) is 4.67. The predicted octanol–water partition coefficient (Wildman–Crippen LogP) is 4.30. The smallest absolute Gasteiger partial charge is 0.286 e. The van der Waals surface area contributed by atoms with E-state index in [1.54, 1.807) is 6.07 Å². The monoisotopic (exact) mass is 573 g/mol. The van der Waals surface area contributed by atoms with Gasteiger partial charge in [0, 0.05) is 55.2 Å². The Labute approximate surface area is 237 Å². The van der Waals surface area contributed by atoms with Crippen molar-refractivity contribution in [2.45, 2.75) is 18.9 Å². The van der Waals surface area contributed by atoms with Crippen LogP contribution >= 0.6 is 0 Å². The van der Waals surface area contributed by atoms with Crippen molar-refractivity contribution in [2.75, 3.05) is 25.5 Å². The molecule has 0 bridgehead atoms. The normalized spacial score (nSPS) is 14.2. The molecule has 0 saturated carbocycles. The van der Waals surface area contributed by atoms with Crippen LogP contribution in [0.15, 0.2) is 71.9 Å². The van der Waals surface area contributed by atoms with Crippen molar-refractivity contribution < 1.29 is 23.0 Å². The Balaban J connectivity index is 1.20. The predicted molar refractivity (Wildman–Crippen MR) is 149 cm³/mol. The van der Waals surface area contributed by atoms with E-state index < -0.39 is 28.8 Å². The number of nitrogens with zero attached hydrogens (tertiary/aromatic N) is 5. The third-order valence-corrected chi connectivity index (χ3v) is 6.90. The molecule has 2 aromatic carbocycles. The van der Waals surface area contributed by atoms with Gasteiger partial charge in [-0.25, -0.2) is 18.7 Å². The molecule has 1 fully saturated rings. The maximum absolute atomic E-state index is 15.2. The lowest BCUT2D eigenvalue weighted by atomic mass is 10.1. The number of likely N-dealkylation sites (tertiary alicyclic amines) is 1. The molecular weight excluding hydrogens is 548 g/mol. The number of carbonyl (C=O) groups is 1. The molecule has 1 saturated heterocycles. The summed E-state index contributed by atoms with van der Waals surface area (Å²) in [5.41, 5.74) is -0.270. The molecule has 0 aliphatic carbocycles. The van der Waals surface area contributed by atoms with Crippen LogP contribution < -0.4 is 20.3 Å². The quantitative estimate of drug-likeness (QED) is 0.295. The van der Waals surface area contributed by atoms with Crippen molar-refractivity contribution in [1.29, 1.82) is 0 Å². The van der Waals surface area contributed by atoms with Crippen molar-refractivity contribution in [2.24, 2.45) is 0 Å². The third-order valence-electron chi connectivity index (χ3n) is 6.90. The summed E-state index contributed by atoms with van der Waals surface area (Å²) in [5.74, 6) is -1.55. The van der Waals surface area contributed by atoms with Crippen molar-refractivity contribution in [1.82, 2.24) is 29.6 Å². The number of halogens is 2. The summed E-state index contributed by atoms with van der Waals surface area (Å²) < 4.78 is 41.6. The highest BCUT2D eigenvalue weighted by Crippen LogP contribution is 2.36. The molecule has 2 N–H and O–H groups in total. The molecule has 0 atom stereocenters. The number of carbonyl (C=O) groups excluding carboxylic acids is 1. The molecular formula is C29H25F2N7O4. The lowest BCUT2D eigenvalue weighted by Crippen LogP contribution is -2.35. The standard InChI is InChI=1S/C29H25F2N7O4/c1-37-13-9-20(10-14-37)41-28-24-23(8-11-33-26(24)35-36-28)42-22-7-4-18(16-21(22)31)34-27(39)25-29(40)38(15-12-32-25)19-5-2-17(30)3-6-19/h2-8,11-12,15-16,20H,9-10,13-14H2,1H3,(H,34,39)(H,33,35,36). The number of hydrogen-bond donors (Lipinski definition) is 2. The zero-order valence-corrected chi connectivity index (χ0v) is 22.4. The maximum atomic E-state index is 15.2. The summed E-state index contributed by atoms with van der Waals surface area (Å²) in [4.78, 5) is 36.1. The Hall–Kier alpha value is -5.17. The number of ether oxygens (including phenoxy) is 2. The van der Waals surface area contributed by atoms with Crippen LogP contribution in [0.25, 0.3) is 16.7 Å². The highest BCUT2D eigenvalue weighted by Gasteiger charge is 2.23. The Kier molecular flexibility index (Phi) is 7.32. The Morgan fingerprint density at radius 3 is 2.57 bits per heavy atom. The zero-order valence-electron chi connectivity index (χ0n) is 22.4. The van der Waals surface area contributed by atoms with E-state index in [1.807, 2.05) is 0 Å². The fourth-order valence-corrected chi connectivity index (χ4v) is 4.67. The molecule has 11 nitrogen and oxygen atoms in total. The minimum Gasteiger partial charge on any atom is -0.473 e. The van der Waals surface area contributed by atoms with Gasteiger partial charge in [-0.1, -0.05) is 0 Å². The number of amides is 1. The fraction of sp³-hybridized carbons (Fsp3) is 0.207. The lowest BCUT2D eigenvalue weighted by Gasteiger charge is -2.28. The lowest BCUT2D eigenvalue weighted by molar-refractivity contribution is 0.102. The van der Waals surface area contributed by atoms with Crippen molar-refractivity contribution in [3.8, 4) is 23.1 Å². The van der Waals surface area contributed by atoms with Gasteiger partial charge in [0.1, 0.15) is 23.1 Å². The Morgan fingerprint density at radius 1 is 1.02 bits per heavy atom. The molecule has 214 valence electrons. The molecule has 0 radical (unpaired) electrons. The van der Waals surface area contributed by atoms with Crippen LogP contribution in [-0.2, 0) is 0 Å². The number of benzene rings is 2. The van der Waals surface area contributed by atoms with Crippen LogP contribution in [0.4, 0.5) is 14.5 Å². The second-order valence-corrected chi connectivity index (χ2v) is 9.81. The number of aromatic amines is 1. The summed E-state index contributed by atoms with van der Waals surface area (Å²) in [5, 5.41) is 10.0. The van der Waals surface area contributed by atoms with Gasteiger partial charge in [0.2, 0.25) is 5.88 Å². The van der Waals surface area contributed by atoms with Crippen molar-refractivity contribution in [3.63, 3.8) is 0 Å². The van der Waals surface area contributed by atoms with Crippen LogP contribution in [0.1, 0.15) is 23.3 Å². The summed E-state index contributed by atoms with van der Waals surface area (Å²) in [6.45, 7) is 1.82. The zero-order chi connectivity index (χ0) is 29.2. The van der Waals surface area contributed by atoms with Crippen LogP contribution in [0.5, 0.6) is 17.4 Å². The molecule has 13 heteroatoms. The molecule has 1 amide bonds. The van der Waals surface area contributed by atoms with E-state index in [0.29, 0.717) is 28.4 Å². The van der Waals surface area contributed by atoms with Crippen molar-refractivity contribution in [3.05, 3.63) is 94.8 Å². The number of nitrogens with one attached hydrogen (secondary N) is 2. The molecule has 42 heavy (non-hydrogen) atoms. The number of pyridine rings is 1. The second kappa shape index (κ2) is 11.4. The minimum atomic E-state index is -0.838. The van der Waals surface area contributed by atoms with Crippen LogP contribution in [0, 0.1) is 11.6 Å². The van der Waals surface area contributed by atoms with Crippen LogP contribution in [0.2, 0.25) is 0 Å². The third kappa shape index (κ3) is 5.54. The summed E-state index contributed by atoms with van der Waals surface area (Å²) in [7, 11) is 2.06. The molecule has 1 aliphatic rings. The average Bonchev–Trinajstić information content (AvgIpc) is 3.40. The first-order chi connectivity index (χ1) is 20.4. The first kappa shape index (κ1) is 27.0. The molecule has 1 aliphatic heterocycles. The SMILES string of the molecule is CN1CCC(Oc2n[nH]c3nccc(Oc4ccc(NC(=O)c5nccn(-c6ccc(F)cc6)c5=O)cc4F)c23)CC1. The van der Waals surface area contributed by atoms with Gasteiger partial charge in [-0.3, -0.25) is 19.3 Å². The Bertz CT molecular complexity index is 1820. The summed E-state index contributed by atoms with van der Waals surface area (Å²) in [6.07, 6.45) is 5.82. The first-order valence-corrected chi connectivity index (χ1v) is 13.2. The van der Waals surface area contributed by atoms with Gasteiger partial charge in [0.25, 0.3) is 11.5 Å². The average molecular weight is 574 g/mol. The molecule has 4 heterocycles. The van der Waals surface area contributed by atoms with Crippen LogP contribution in [0.3, 0.4) is 0 Å². The topological polar surface area (TPSA) is 127 Å². The van der Waals surface area contributed by atoms with E-state index in [1.165, 1.54) is 55.0 Å². The van der Waals surface area contributed by atoms with Crippen molar-refractivity contribution >= 4 is 22.6 Å². The largest absolute Gasteiger partial charge is 0.473 e. The van der Waals surface area contributed by atoms with E-state index in [9.17, 15) is 14.0 Å². The van der Waals surface area contributed by atoms with Gasteiger partial charge < -0.3 is 19.7 Å². The maximum Gasteiger partial charge on any atom is 0.286 e. The van der Waals surface area contributed by atoms with E-state index in [0.717, 1.165) is 36.6 Å². The van der Waals surface area contributed by atoms with Gasteiger partial charge in [-0.05, 0) is 56.3 Å². The van der Waals surface area contributed by atoms with Gasteiger partial charge in [0.15, 0.2) is 22.9 Å². The molecule has 5 aromatic rings. The van der Waals surface area contributed by atoms with E-state index >= 15 is 4.39 Å². The number of H-pyrrole nitrogens is 1. The van der Waals surface area contributed by atoms with Gasteiger partial charge in [-0.15, -0.1) is 5.10 Å². The van der Waals surface area contributed by atoms with Crippen LogP contribution in [-0.4, -0.2) is 61.8 Å². The molecule has 6 rings (SSSR count). The number of rotatable bonds is 7. The van der Waals surface area contributed by atoms with Gasteiger partial charge in [-0.2, -0.15) is 0 Å². The van der Waals surface area contributed by atoms with E-state index in [-0.39, 0.29) is 17.5 Å². The molecule has 0 unspecified atom stereocenters. The second-order valence-electron chi connectivity index (χ2n) is 9.81. The van der Waals surface area contributed by atoms with E-state index in [2.05, 4.69) is 37.4 Å². The number of hydrogen-bond acceptors (Lipinski definition) is 8. The van der Waals surface area contributed by atoms with E-state index in [4.69, 9.17) is 9.47 Å². The number of piperidine rings is 1. The number of anilines is 1. The number of fused-ring (bicyclic) bond motifs is 1.